The smallest absolute Gasteiger partial charge is 0.416 e. The van der Waals surface area contributed by atoms with Crippen molar-refractivity contribution >= 4 is 17.0 Å². The van der Waals surface area contributed by atoms with Crippen LogP contribution in [0.15, 0.2) is 24.4 Å². The summed E-state index contributed by atoms with van der Waals surface area (Å²) < 4.78 is 14.1. The molecule has 18 heavy (non-hydrogen) atoms. The van der Waals surface area contributed by atoms with Crippen LogP contribution in [-0.2, 0) is 5.41 Å². The van der Waals surface area contributed by atoms with Gasteiger partial charge in [-0.15, -0.1) is 0 Å². The van der Waals surface area contributed by atoms with Crippen LogP contribution in [0.3, 0.4) is 0 Å². The lowest BCUT2D eigenvalue weighted by Gasteiger charge is -2.13. The molecule has 0 atom stereocenters. The molecule has 1 aromatic carbocycles. The van der Waals surface area contributed by atoms with Crippen LogP contribution < -0.4 is 0 Å². The maximum atomic E-state index is 13.2. The molecular formula is C13H11FN2O2. The molecule has 2 rings (SSSR count). The minimum atomic E-state index is -1.20. The summed E-state index contributed by atoms with van der Waals surface area (Å²) in [6.45, 7) is 3.38. The summed E-state index contributed by atoms with van der Waals surface area (Å²) in [5.41, 5.74) is -0.0141. The van der Waals surface area contributed by atoms with Crippen molar-refractivity contribution in [3.05, 3.63) is 35.8 Å². The first-order valence-corrected chi connectivity index (χ1v) is 5.32. The van der Waals surface area contributed by atoms with Crippen LogP contribution in [-0.4, -0.2) is 15.8 Å². The maximum Gasteiger partial charge on any atom is 0.416 e. The third kappa shape index (κ3) is 1.72. The second-order valence-electron chi connectivity index (χ2n) is 4.59. The van der Waals surface area contributed by atoms with Crippen LogP contribution in [0.2, 0.25) is 0 Å². The Morgan fingerprint density at radius 3 is 2.72 bits per heavy atom. The van der Waals surface area contributed by atoms with Crippen molar-refractivity contribution in [2.24, 2.45) is 0 Å². The lowest BCUT2D eigenvalue weighted by atomic mass is 9.86. The van der Waals surface area contributed by atoms with Crippen LogP contribution >= 0.6 is 0 Å². The topological polar surface area (TPSA) is 66.0 Å². The lowest BCUT2D eigenvalue weighted by Crippen LogP contribution is -2.13. The van der Waals surface area contributed by atoms with Crippen LogP contribution in [0, 0.1) is 17.1 Å². The van der Waals surface area contributed by atoms with Gasteiger partial charge in [-0.1, -0.05) is 0 Å². The van der Waals surface area contributed by atoms with Gasteiger partial charge in [0.15, 0.2) is 0 Å². The molecule has 1 N–H and O–H groups in total. The first-order chi connectivity index (χ1) is 8.36. The van der Waals surface area contributed by atoms with Gasteiger partial charge in [0.2, 0.25) is 0 Å². The van der Waals surface area contributed by atoms with Gasteiger partial charge in [-0.2, -0.15) is 5.26 Å². The summed E-state index contributed by atoms with van der Waals surface area (Å²) in [6, 6.07) is 6.02. The molecule has 0 unspecified atom stereocenters. The first-order valence-electron chi connectivity index (χ1n) is 5.32. The fraction of sp³-hybridized carbons (Fsp3) is 0.231. The highest BCUT2D eigenvalue weighted by atomic mass is 19.1. The van der Waals surface area contributed by atoms with E-state index in [2.05, 4.69) is 6.07 Å². The van der Waals surface area contributed by atoms with Crippen LogP contribution in [0.25, 0.3) is 10.9 Å². The Morgan fingerprint density at radius 1 is 1.50 bits per heavy atom. The predicted molar refractivity (Wildman–Crippen MR) is 64.0 cm³/mol. The number of fused-ring (bicyclic) bond motifs is 1. The second kappa shape index (κ2) is 3.84. The Kier molecular flexibility index (Phi) is 2.59. The van der Waals surface area contributed by atoms with Crippen molar-refractivity contribution in [3.8, 4) is 6.07 Å². The quantitative estimate of drug-likeness (QED) is 0.840. The molecular weight excluding hydrogens is 235 g/mol. The van der Waals surface area contributed by atoms with Crippen molar-refractivity contribution in [1.82, 2.24) is 4.57 Å². The number of nitrogens with zero attached hydrogens (tertiary/aromatic N) is 2. The summed E-state index contributed by atoms with van der Waals surface area (Å²) in [4.78, 5) is 11.1. The van der Waals surface area contributed by atoms with E-state index >= 15 is 0 Å². The zero-order valence-electron chi connectivity index (χ0n) is 9.94. The number of benzene rings is 1. The Morgan fingerprint density at radius 2 is 2.17 bits per heavy atom. The van der Waals surface area contributed by atoms with Crippen molar-refractivity contribution in [3.63, 3.8) is 0 Å². The number of halogens is 1. The fourth-order valence-corrected chi connectivity index (χ4v) is 1.92. The Balaban J connectivity index is 2.86. The molecule has 0 amide bonds. The van der Waals surface area contributed by atoms with Crippen molar-refractivity contribution < 1.29 is 14.3 Å². The van der Waals surface area contributed by atoms with Gasteiger partial charge in [0.25, 0.3) is 0 Å². The molecule has 5 heteroatoms. The average Bonchev–Trinajstić information content (AvgIpc) is 2.68. The second-order valence-corrected chi connectivity index (χ2v) is 4.59. The van der Waals surface area contributed by atoms with Crippen LogP contribution in [0.1, 0.15) is 19.4 Å². The van der Waals surface area contributed by atoms with E-state index in [0.717, 1.165) is 10.6 Å². The maximum absolute atomic E-state index is 13.2. The van der Waals surface area contributed by atoms with Gasteiger partial charge in [-0.25, -0.2) is 9.18 Å². The summed E-state index contributed by atoms with van der Waals surface area (Å²) in [6.07, 6.45) is 0.168. The molecule has 1 heterocycles. The van der Waals surface area contributed by atoms with E-state index < -0.39 is 17.3 Å². The number of rotatable bonds is 1. The molecule has 0 radical (unpaired) electrons. The molecule has 0 aliphatic carbocycles. The highest BCUT2D eigenvalue weighted by molar-refractivity contribution is 5.92. The van der Waals surface area contributed by atoms with Crippen molar-refractivity contribution in [1.29, 1.82) is 5.26 Å². The summed E-state index contributed by atoms with van der Waals surface area (Å²) in [5.74, 6) is -0.510. The van der Waals surface area contributed by atoms with E-state index in [0.29, 0.717) is 10.9 Å². The molecule has 0 saturated heterocycles. The molecule has 1 aromatic heterocycles. The Bertz CT molecular complexity index is 680. The number of carboxylic acid groups (broad SMARTS) is 1. The van der Waals surface area contributed by atoms with E-state index in [4.69, 9.17) is 10.4 Å². The molecule has 0 aliphatic heterocycles. The number of hydrogen-bond donors (Lipinski definition) is 1. The zero-order chi connectivity index (χ0) is 13.5. The van der Waals surface area contributed by atoms with E-state index in [1.165, 1.54) is 18.3 Å². The third-order valence-electron chi connectivity index (χ3n) is 2.93. The van der Waals surface area contributed by atoms with Crippen LogP contribution in [0.4, 0.5) is 9.18 Å². The van der Waals surface area contributed by atoms with Gasteiger partial charge >= 0.3 is 6.09 Å². The third-order valence-corrected chi connectivity index (χ3v) is 2.93. The molecule has 0 fully saturated rings. The standard InChI is InChI=1S/C13H11FN2O2/c1-13(2,7-15)10-6-16(12(17)18)11-5-8(14)3-4-9(10)11/h3-6H,1-2H3,(H,17,18). The molecule has 0 bridgehead atoms. The van der Waals surface area contributed by atoms with Gasteiger partial charge in [-0.3, -0.25) is 4.57 Å². The zero-order valence-corrected chi connectivity index (χ0v) is 9.94. The van der Waals surface area contributed by atoms with Crippen molar-refractivity contribution in [2.75, 3.05) is 0 Å². The number of nitriles is 1. The van der Waals surface area contributed by atoms with Gasteiger partial charge < -0.3 is 5.11 Å². The largest absolute Gasteiger partial charge is 0.464 e. The van der Waals surface area contributed by atoms with Crippen molar-refractivity contribution in [2.45, 2.75) is 19.3 Å². The van der Waals surface area contributed by atoms with Crippen LogP contribution in [0.5, 0.6) is 0 Å². The molecule has 4 nitrogen and oxygen atoms in total. The highest BCUT2D eigenvalue weighted by Gasteiger charge is 2.26. The normalized spacial score (nSPS) is 11.4. The molecule has 92 valence electrons. The first kappa shape index (κ1) is 12.1. The molecule has 2 aromatic rings. The number of hydrogen-bond acceptors (Lipinski definition) is 2. The monoisotopic (exact) mass is 246 g/mol. The fourth-order valence-electron chi connectivity index (χ4n) is 1.92. The molecule has 0 aliphatic rings. The SMILES string of the molecule is CC(C)(C#N)c1cn(C(=O)O)c2cc(F)ccc12. The minimum Gasteiger partial charge on any atom is -0.464 e. The highest BCUT2D eigenvalue weighted by Crippen LogP contribution is 2.32. The summed E-state index contributed by atoms with van der Waals surface area (Å²) in [7, 11) is 0. The van der Waals surface area contributed by atoms with E-state index in [1.807, 2.05) is 0 Å². The van der Waals surface area contributed by atoms with Gasteiger partial charge in [0.1, 0.15) is 5.82 Å². The molecule has 0 spiro atoms. The van der Waals surface area contributed by atoms with Gasteiger partial charge in [0.05, 0.1) is 17.0 Å². The number of aromatic nitrogens is 1. The van der Waals surface area contributed by atoms with E-state index in [-0.39, 0.29) is 5.52 Å². The van der Waals surface area contributed by atoms with Gasteiger partial charge in [-0.05, 0) is 37.6 Å². The summed E-state index contributed by atoms with van der Waals surface area (Å²) in [5, 5.41) is 18.8. The minimum absolute atomic E-state index is 0.251. The predicted octanol–water partition coefficient (Wildman–Crippen LogP) is 3.11. The Labute approximate surface area is 103 Å². The van der Waals surface area contributed by atoms with E-state index in [1.54, 1.807) is 13.8 Å². The molecule has 0 saturated carbocycles. The summed E-state index contributed by atoms with van der Waals surface area (Å²) >= 11 is 0. The average molecular weight is 246 g/mol. The van der Waals surface area contributed by atoms with E-state index in [9.17, 15) is 9.18 Å². The Hall–Kier alpha value is -2.35. The lowest BCUT2D eigenvalue weighted by molar-refractivity contribution is 0.197. The van der Waals surface area contributed by atoms with Gasteiger partial charge in [0, 0.05) is 11.6 Å². The number of carbonyl (C=O) groups is 1.